The van der Waals surface area contributed by atoms with Crippen LogP contribution in [-0.4, -0.2) is 0 Å². The van der Waals surface area contributed by atoms with Crippen LogP contribution >= 0.6 is 0 Å². The molecule has 0 bridgehead atoms. The molecule has 0 heterocycles. The van der Waals surface area contributed by atoms with Crippen LogP contribution in [0.15, 0.2) is 72.3 Å². The lowest BCUT2D eigenvalue weighted by Crippen LogP contribution is -2.06. The normalized spacial score (nSPS) is 17.7. The van der Waals surface area contributed by atoms with Crippen molar-refractivity contribution < 1.29 is 0 Å². The highest BCUT2D eigenvalue weighted by Crippen LogP contribution is 2.35. The Kier molecular flexibility index (Phi) is 4.54. The first-order valence-corrected chi connectivity index (χ1v) is 7.71. The topological polar surface area (TPSA) is 0 Å². The second kappa shape index (κ2) is 6.95. The molecule has 1 fully saturated rings. The minimum atomic E-state index is 0.727. The van der Waals surface area contributed by atoms with Gasteiger partial charge < -0.3 is 0 Å². The van der Waals surface area contributed by atoms with E-state index in [1.807, 2.05) is 18.2 Å². The first-order chi connectivity index (χ1) is 10.4. The van der Waals surface area contributed by atoms with E-state index in [9.17, 15) is 0 Å². The summed E-state index contributed by atoms with van der Waals surface area (Å²) < 4.78 is 0. The second-order valence-electron chi connectivity index (χ2n) is 5.62. The highest BCUT2D eigenvalue weighted by molar-refractivity contribution is 5.37. The smallest absolute Gasteiger partial charge is 0.0248 e. The van der Waals surface area contributed by atoms with Gasteiger partial charge >= 0.3 is 0 Å². The molecule has 21 heavy (non-hydrogen) atoms. The monoisotopic (exact) mass is 272 g/mol. The van der Waals surface area contributed by atoms with Crippen LogP contribution in [0.1, 0.15) is 42.7 Å². The van der Waals surface area contributed by atoms with Gasteiger partial charge in [-0.05, 0) is 55.4 Å². The van der Waals surface area contributed by atoms with E-state index in [4.69, 9.17) is 0 Å². The highest BCUT2D eigenvalue weighted by atomic mass is 14.2. The summed E-state index contributed by atoms with van der Waals surface area (Å²) in [5.41, 5.74) is 4.09. The van der Waals surface area contributed by atoms with Crippen molar-refractivity contribution in [2.24, 2.45) is 0 Å². The van der Waals surface area contributed by atoms with Crippen molar-refractivity contribution in [1.82, 2.24) is 0 Å². The molecule has 1 saturated carbocycles. The molecule has 0 heteroatoms. The molecule has 0 aliphatic heterocycles. The van der Waals surface area contributed by atoms with E-state index in [0.717, 1.165) is 11.5 Å². The number of allylic oxidation sites excluding steroid dienone is 2. The molecule has 0 spiro atoms. The van der Waals surface area contributed by atoms with Crippen LogP contribution in [0.4, 0.5) is 0 Å². The van der Waals surface area contributed by atoms with E-state index in [2.05, 4.69) is 60.4 Å². The van der Waals surface area contributed by atoms with Gasteiger partial charge in [-0.25, -0.2) is 0 Å². The lowest BCUT2D eigenvalue weighted by atomic mass is 9.81. The van der Waals surface area contributed by atoms with Gasteiger partial charge in [-0.1, -0.05) is 65.9 Å². The molecule has 0 radical (unpaired) electrons. The summed E-state index contributed by atoms with van der Waals surface area (Å²) >= 11 is 0. The van der Waals surface area contributed by atoms with Crippen molar-refractivity contribution in [2.45, 2.75) is 31.6 Å². The maximum atomic E-state index is 3.21. The molecule has 2 aromatic carbocycles. The summed E-state index contributed by atoms with van der Waals surface area (Å²) in [6.45, 7) is 0. The van der Waals surface area contributed by atoms with E-state index >= 15 is 0 Å². The van der Waals surface area contributed by atoms with E-state index < -0.39 is 0 Å². The van der Waals surface area contributed by atoms with Gasteiger partial charge in [-0.15, -0.1) is 0 Å². The fourth-order valence-electron chi connectivity index (χ4n) is 2.93. The Balaban J connectivity index is 1.59. The molecule has 3 rings (SSSR count). The number of hydrogen-bond donors (Lipinski definition) is 0. The Morgan fingerprint density at radius 3 is 2.10 bits per heavy atom. The zero-order chi connectivity index (χ0) is 14.3. The highest BCUT2D eigenvalue weighted by Gasteiger charge is 2.17. The number of hydrogen-bond acceptors (Lipinski definition) is 0. The van der Waals surface area contributed by atoms with Crippen molar-refractivity contribution >= 4 is 0 Å². The Labute approximate surface area is 127 Å². The zero-order valence-electron chi connectivity index (χ0n) is 12.3. The molecule has 0 atom stereocenters. The van der Waals surface area contributed by atoms with Crippen LogP contribution in [0.5, 0.6) is 0 Å². The van der Waals surface area contributed by atoms with E-state index in [1.165, 1.54) is 36.8 Å². The van der Waals surface area contributed by atoms with Crippen molar-refractivity contribution in [3.8, 4) is 11.8 Å². The van der Waals surface area contributed by atoms with Crippen molar-refractivity contribution in [3.63, 3.8) is 0 Å². The number of benzene rings is 2. The van der Waals surface area contributed by atoms with Gasteiger partial charge in [0.1, 0.15) is 0 Å². The molecule has 1 aliphatic carbocycles. The quantitative estimate of drug-likeness (QED) is 0.616. The van der Waals surface area contributed by atoms with Crippen molar-refractivity contribution in [1.29, 1.82) is 0 Å². The predicted octanol–water partition coefficient (Wildman–Crippen LogP) is 5.32. The molecular weight excluding hydrogens is 252 g/mol. The standard InChI is InChI=1S/C21H20/c1-3-8-18(9-4-1)10-7-11-19-14-16-21(17-15-19)20-12-5-2-6-13-20/h1-6,8-9,11-13,21H,14-17H2. The molecule has 0 saturated heterocycles. The minimum Gasteiger partial charge on any atom is -0.0697 e. The third-order valence-electron chi connectivity index (χ3n) is 4.17. The van der Waals surface area contributed by atoms with Gasteiger partial charge in [0.15, 0.2) is 0 Å². The molecule has 0 aromatic heterocycles. The largest absolute Gasteiger partial charge is 0.0697 e. The summed E-state index contributed by atoms with van der Waals surface area (Å²) in [4.78, 5) is 0. The molecule has 0 amide bonds. The van der Waals surface area contributed by atoms with Crippen LogP contribution in [0, 0.1) is 11.8 Å². The average Bonchev–Trinajstić information content (AvgIpc) is 2.57. The van der Waals surface area contributed by atoms with Crippen LogP contribution in [-0.2, 0) is 0 Å². The Bertz CT molecular complexity index is 643. The first kappa shape index (κ1) is 13.7. The van der Waals surface area contributed by atoms with Crippen molar-refractivity contribution in [3.05, 3.63) is 83.4 Å². The zero-order valence-corrected chi connectivity index (χ0v) is 12.3. The maximum absolute atomic E-state index is 3.21. The molecule has 2 aromatic rings. The van der Waals surface area contributed by atoms with Gasteiger partial charge in [-0.2, -0.15) is 0 Å². The molecule has 0 nitrogen and oxygen atoms in total. The van der Waals surface area contributed by atoms with Crippen LogP contribution < -0.4 is 0 Å². The molecular formula is C21H20. The van der Waals surface area contributed by atoms with Crippen LogP contribution in [0.3, 0.4) is 0 Å². The molecule has 104 valence electrons. The summed E-state index contributed by atoms with van der Waals surface area (Å²) in [7, 11) is 0. The third kappa shape index (κ3) is 3.86. The molecule has 1 aliphatic rings. The Morgan fingerprint density at radius 2 is 1.43 bits per heavy atom. The van der Waals surface area contributed by atoms with Crippen LogP contribution in [0.2, 0.25) is 0 Å². The van der Waals surface area contributed by atoms with E-state index in [1.54, 1.807) is 0 Å². The minimum absolute atomic E-state index is 0.727. The van der Waals surface area contributed by atoms with Crippen molar-refractivity contribution in [2.75, 3.05) is 0 Å². The lowest BCUT2D eigenvalue weighted by molar-refractivity contribution is 0.517. The summed E-state index contributed by atoms with van der Waals surface area (Å²) in [6, 6.07) is 21.1. The molecule has 0 unspecified atom stereocenters. The van der Waals surface area contributed by atoms with Gasteiger partial charge in [-0.3, -0.25) is 0 Å². The predicted molar refractivity (Wildman–Crippen MR) is 89.1 cm³/mol. The summed E-state index contributed by atoms with van der Waals surface area (Å²) in [5.74, 6) is 7.15. The second-order valence-corrected chi connectivity index (χ2v) is 5.62. The number of rotatable bonds is 1. The van der Waals surface area contributed by atoms with E-state index in [0.29, 0.717) is 0 Å². The Morgan fingerprint density at radius 1 is 0.810 bits per heavy atom. The van der Waals surface area contributed by atoms with Gasteiger partial charge in [0.05, 0.1) is 0 Å². The van der Waals surface area contributed by atoms with Gasteiger partial charge in [0, 0.05) is 5.56 Å². The van der Waals surface area contributed by atoms with Gasteiger partial charge in [0.2, 0.25) is 0 Å². The first-order valence-electron chi connectivity index (χ1n) is 7.71. The third-order valence-corrected chi connectivity index (χ3v) is 4.17. The SMILES string of the molecule is C(#Cc1ccccc1)C=C1CCC(c2ccccc2)CC1. The summed E-state index contributed by atoms with van der Waals surface area (Å²) in [5, 5.41) is 0. The van der Waals surface area contributed by atoms with E-state index in [-0.39, 0.29) is 0 Å². The Hall–Kier alpha value is -2.26. The van der Waals surface area contributed by atoms with Crippen LogP contribution in [0.25, 0.3) is 0 Å². The maximum Gasteiger partial charge on any atom is 0.0248 e. The van der Waals surface area contributed by atoms with Gasteiger partial charge in [0.25, 0.3) is 0 Å². The summed E-state index contributed by atoms with van der Waals surface area (Å²) in [6.07, 6.45) is 7.01. The fourth-order valence-corrected chi connectivity index (χ4v) is 2.93. The lowest BCUT2D eigenvalue weighted by Gasteiger charge is -2.23. The fraction of sp³-hybridized carbons (Fsp3) is 0.238. The molecule has 0 N–H and O–H groups in total. The average molecular weight is 272 g/mol.